The molecule has 0 fully saturated rings. The molecule has 1 heterocycles. The third kappa shape index (κ3) is 13.6. The summed E-state index contributed by atoms with van der Waals surface area (Å²) < 4.78 is 7.44. The van der Waals surface area contributed by atoms with Crippen molar-refractivity contribution in [3.8, 4) is 5.88 Å². The van der Waals surface area contributed by atoms with Gasteiger partial charge >= 0.3 is 11.8 Å². The van der Waals surface area contributed by atoms with E-state index in [9.17, 15) is 4.79 Å². The van der Waals surface area contributed by atoms with Crippen LogP contribution in [-0.4, -0.2) is 5.97 Å². The Hall–Kier alpha value is -1.16. The van der Waals surface area contributed by atoms with Crippen molar-refractivity contribution in [3.05, 3.63) is 36.5 Å². The molecule has 0 aromatic carbocycles. The van der Waals surface area contributed by atoms with E-state index in [2.05, 4.69) is 13.5 Å². The van der Waals surface area contributed by atoms with E-state index in [-0.39, 0.29) is 17.0 Å². The molecule has 1 aromatic rings. The number of aromatic nitrogens is 1. The summed E-state index contributed by atoms with van der Waals surface area (Å²) in [6.45, 7) is 8.61. The lowest BCUT2D eigenvalue weighted by atomic mass is 10.0. The first-order chi connectivity index (χ1) is 13.7. The second kappa shape index (κ2) is 18.8. The molecule has 29 heavy (non-hydrogen) atoms. The zero-order valence-electron chi connectivity index (χ0n) is 18.8. The number of hydrogen-bond acceptors (Lipinski definition) is 2. The summed E-state index contributed by atoms with van der Waals surface area (Å²) in [5.41, 5.74) is 0.975. The van der Waals surface area contributed by atoms with Gasteiger partial charge < -0.3 is 21.7 Å². The first-order valence-electron chi connectivity index (χ1n) is 11.5. The molecule has 4 heteroatoms. The predicted octanol–water partition coefficient (Wildman–Crippen LogP) is 3.86. The van der Waals surface area contributed by atoms with Crippen LogP contribution in [0.15, 0.2) is 31.0 Å². The van der Waals surface area contributed by atoms with E-state index in [4.69, 9.17) is 4.74 Å². The van der Waals surface area contributed by atoms with E-state index in [0.717, 1.165) is 18.5 Å². The number of ether oxygens (including phenoxy) is 1. The summed E-state index contributed by atoms with van der Waals surface area (Å²) in [6, 6.07) is 3.97. The minimum Gasteiger partial charge on any atom is -1.00 e. The summed E-state index contributed by atoms with van der Waals surface area (Å²) >= 11 is 0. The Labute approximate surface area is 189 Å². The van der Waals surface area contributed by atoms with E-state index >= 15 is 0 Å². The maximum atomic E-state index is 11.5. The van der Waals surface area contributed by atoms with Crippen molar-refractivity contribution in [3.63, 3.8) is 0 Å². The molecule has 0 aliphatic heterocycles. The lowest BCUT2D eigenvalue weighted by Crippen LogP contribution is -3.00. The molecule has 1 rings (SSSR count). The van der Waals surface area contributed by atoms with Gasteiger partial charge in [0, 0.05) is 18.6 Å². The van der Waals surface area contributed by atoms with Crippen molar-refractivity contribution in [2.45, 2.75) is 110 Å². The summed E-state index contributed by atoms with van der Waals surface area (Å²) in [4.78, 5) is 11.5. The van der Waals surface area contributed by atoms with Gasteiger partial charge in [0.1, 0.15) is 0 Å². The van der Waals surface area contributed by atoms with Gasteiger partial charge in [0.25, 0.3) is 0 Å². The van der Waals surface area contributed by atoms with Crippen LogP contribution in [0.5, 0.6) is 5.88 Å². The fourth-order valence-electron chi connectivity index (χ4n) is 3.59. The van der Waals surface area contributed by atoms with Gasteiger partial charge in [-0.1, -0.05) is 90.6 Å². The van der Waals surface area contributed by atoms with Crippen LogP contribution >= 0.6 is 0 Å². The Morgan fingerprint density at radius 3 is 1.90 bits per heavy atom. The largest absolute Gasteiger partial charge is 1.00 e. The van der Waals surface area contributed by atoms with Gasteiger partial charge in [0.2, 0.25) is 0 Å². The molecule has 0 bridgehead atoms. The molecule has 0 saturated heterocycles. The Balaban J connectivity index is 0.00000784. The fourth-order valence-corrected chi connectivity index (χ4v) is 3.59. The van der Waals surface area contributed by atoms with Crippen molar-refractivity contribution in [2.75, 3.05) is 0 Å². The Kier molecular flexibility index (Phi) is 18.1. The summed E-state index contributed by atoms with van der Waals surface area (Å²) in [5, 5.41) is 0. The number of carbonyl (C=O) groups excluding carboxylic acids is 1. The number of carbonyl (C=O) groups is 1. The summed E-state index contributed by atoms with van der Waals surface area (Å²) in [7, 11) is 0. The number of esters is 1. The number of pyridine rings is 1. The highest BCUT2D eigenvalue weighted by Gasteiger charge is 2.17. The van der Waals surface area contributed by atoms with Crippen LogP contribution in [0, 0.1) is 6.92 Å². The zero-order chi connectivity index (χ0) is 20.5. The van der Waals surface area contributed by atoms with E-state index in [0.29, 0.717) is 5.88 Å². The van der Waals surface area contributed by atoms with Crippen LogP contribution < -0.4 is 26.3 Å². The number of aryl methyl sites for hydroxylation is 2. The molecule has 0 amide bonds. The topological polar surface area (TPSA) is 30.2 Å². The number of hydrogen-bond donors (Lipinski definition) is 0. The Bertz CT molecular complexity index is 560. The Morgan fingerprint density at radius 2 is 1.41 bits per heavy atom. The van der Waals surface area contributed by atoms with E-state index < -0.39 is 5.97 Å². The molecular weight excluding hydrogens is 426 g/mol. The van der Waals surface area contributed by atoms with Crippen molar-refractivity contribution in [1.82, 2.24) is 0 Å². The second-order valence-electron chi connectivity index (χ2n) is 7.91. The van der Waals surface area contributed by atoms with Crippen LogP contribution in [0.1, 0.15) is 102 Å². The molecule has 0 N–H and O–H groups in total. The summed E-state index contributed by atoms with van der Waals surface area (Å²) in [6.07, 6.45) is 22.2. The SMILES string of the molecule is C=CC(=O)Oc1c(C)ccc[n+]1CCCCCCCCCCCCCCCC.[Br-]. The first kappa shape index (κ1) is 27.8. The normalized spacial score (nSPS) is 10.4. The minimum absolute atomic E-state index is 0. The smallest absolute Gasteiger partial charge is 0.378 e. The molecule has 0 spiro atoms. The maximum absolute atomic E-state index is 11.5. The molecule has 1 aromatic heterocycles. The van der Waals surface area contributed by atoms with Gasteiger partial charge in [-0.15, -0.1) is 0 Å². The van der Waals surface area contributed by atoms with Crippen LogP contribution in [0.4, 0.5) is 0 Å². The van der Waals surface area contributed by atoms with Crippen LogP contribution in [0.25, 0.3) is 0 Å². The van der Waals surface area contributed by atoms with Gasteiger partial charge in [-0.2, -0.15) is 4.57 Å². The zero-order valence-corrected chi connectivity index (χ0v) is 20.4. The van der Waals surface area contributed by atoms with Crippen molar-refractivity contribution in [1.29, 1.82) is 0 Å². The molecule has 3 nitrogen and oxygen atoms in total. The van der Waals surface area contributed by atoms with Gasteiger partial charge in [-0.05, 0) is 19.4 Å². The van der Waals surface area contributed by atoms with E-state index in [1.54, 1.807) is 0 Å². The number of rotatable bonds is 17. The maximum Gasteiger partial charge on any atom is 0.378 e. The molecule has 0 unspecified atom stereocenters. The van der Waals surface area contributed by atoms with E-state index in [1.165, 1.54) is 89.5 Å². The molecule has 166 valence electrons. The summed E-state index contributed by atoms with van der Waals surface area (Å²) in [5.74, 6) is 0.242. The van der Waals surface area contributed by atoms with Gasteiger partial charge in [-0.3, -0.25) is 0 Å². The van der Waals surface area contributed by atoms with Crippen LogP contribution in [0.2, 0.25) is 0 Å². The van der Waals surface area contributed by atoms with E-state index in [1.807, 2.05) is 29.8 Å². The number of nitrogens with zero attached hydrogens (tertiary/aromatic N) is 1. The fraction of sp³-hybridized carbons (Fsp3) is 0.680. The molecular formula is C25H42BrNO2. The molecule has 0 radical (unpaired) electrons. The third-order valence-corrected chi connectivity index (χ3v) is 5.33. The predicted molar refractivity (Wildman–Crippen MR) is 118 cm³/mol. The van der Waals surface area contributed by atoms with Gasteiger partial charge in [0.15, 0.2) is 12.7 Å². The third-order valence-electron chi connectivity index (χ3n) is 5.33. The van der Waals surface area contributed by atoms with Crippen LogP contribution in [-0.2, 0) is 11.3 Å². The van der Waals surface area contributed by atoms with Crippen molar-refractivity contribution < 1.29 is 31.1 Å². The molecule has 0 saturated carbocycles. The van der Waals surface area contributed by atoms with Crippen LogP contribution in [0.3, 0.4) is 0 Å². The van der Waals surface area contributed by atoms with Gasteiger partial charge in [-0.25, -0.2) is 4.79 Å². The van der Waals surface area contributed by atoms with Crippen molar-refractivity contribution >= 4 is 5.97 Å². The molecule has 0 aliphatic carbocycles. The quantitative estimate of drug-likeness (QED) is 0.150. The first-order valence-corrected chi connectivity index (χ1v) is 11.5. The lowest BCUT2D eigenvalue weighted by molar-refractivity contribution is -0.701. The highest BCUT2D eigenvalue weighted by molar-refractivity contribution is 5.83. The number of halogens is 1. The van der Waals surface area contributed by atoms with Gasteiger partial charge in [0.05, 0.1) is 5.56 Å². The highest BCUT2D eigenvalue weighted by Crippen LogP contribution is 2.14. The average Bonchev–Trinajstić information content (AvgIpc) is 2.70. The lowest BCUT2D eigenvalue weighted by Gasteiger charge is -2.06. The number of unbranched alkanes of at least 4 members (excludes halogenated alkanes) is 13. The molecule has 0 atom stereocenters. The second-order valence-corrected chi connectivity index (χ2v) is 7.91. The average molecular weight is 469 g/mol. The Morgan fingerprint density at radius 1 is 0.931 bits per heavy atom. The molecule has 0 aliphatic rings. The monoisotopic (exact) mass is 467 g/mol. The standard InChI is InChI=1S/C25H42NO2.BrH/c1-4-6-7-8-9-10-11-12-13-14-15-16-17-18-21-26-22-19-20-23(3)25(26)28-24(27)5-2;/h5,19-20,22H,2,4,6-18,21H2,1,3H3;1H/q+1;/p-1. The highest BCUT2D eigenvalue weighted by atomic mass is 79.9. The van der Waals surface area contributed by atoms with Crippen molar-refractivity contribution in [2.24, 2.45) is 0 Å². The minimum atomic E-state index is -0.399.